The Morgan fingerprint density at radius 1 is 1.48 bits per heavy atom. The molecule has 7 heteroatoms. The van der Waals surface area contributed by atoms with Gasteiger partial charge in [-0.1, -0.05) is 11.6 Å². The molecule has 1 aliphatic rings. The van der Waals surface area contributed by atoms with E-state index in [2.05, 4.69) is 15.5 Å². The van der Waals surface area contributed by atoms with Gasteiger partial charge in [-0.05, 0) is 44.1 Å². The molecule has 1 atom stereocenters. The van der Waals surface area contributed by atoms with E-state index in [9.17, 15) is 9.59 Å². The van der Waals surface area contributed by atoms with Crippen LogP contribution >= 0.6 is 11.6 Å². The van der Waals surface area contributed by atoms with Crippen LogP contribution in [0.1, 0.15) is 16.8 Å². The average molecular weight is 312 g/mol. The number of carboxylic acids is 1. The predicted molar refractivity (Wildman–Crippen MR) is 81.0 cm³/mol. The first-order valence-electron chi connectivity index (χ1n) is 6.72. The van der Waals surface area contributed by atoms with E-state index in [0.717, 1.165) is 19.5 Å². The number of carbonyl (C=O) groups excluding carboxylic acids is 1. The Bertz CT molecular complexity index is 550. The van der Waals surface area contributed by atoms with Crippen molar-refractivity contribution in [1.29, 1.82) is 0 Å². The van der Waals surface area contributed by atoms with Crippen LogP contribution in [-0.4, -0.2) is 48.7 Å². The normalized spacial score (nSPS) is 18.5. The number of aromatic carboxylic acids is 1. The van der Waals surface area contributed by atoms with Gasteiger partial charge in [0.2, 0.25) is 0 Å². The van der Waals surface area contributed by atoms with Crippen LogP contribution in [0.25, 0.3) is 0 Å². The SMILES string of the molecule is CN1CCC(CNC(=O)Nc2ccc(Cl)cc2C(=O)O)C1. The highest BCUT2D eigenvalue weighted by molar-refractivity contribution is 6.31. The average Bonchev–Trinajstić information content (AvgIpc) is 2.84. The summed E-state index contributed by atoms with van der Waals surface area (Å²) in [6, 6.07) is 3.92. The molecular formula is C14H18ClN3O3. The molecule has 1 aromatic rings. The van der Waals surface area contributed by atoms with Crippen molar-refractivity contribution in [3.8, 4) is 0 Å². The van der Waals surface area contributed by atoms with Gasteiger partial charge in [0.1, 0.15) is 0 Å². The quantitative estimate of drug-likeness (QED) is 0.795. The third kappa shape index (κ3) is 4.34. The zero-order valence-corrected chi connectivity index (χ0v) is 12.5. The molecule has 1 fully saturated rings. The van der Waals surface area contributed by atoms with Gasteiger partial charge in [0.25, 0.3) is 0 Å². The standard InChI is InChI=1S/C14H18ClN3O3/c1-18-5-4-9(8-18)7-16-14(21)17-12-3-2-10(15)6-11(12)13(19)20/h2-3,6,9H,4-5,7-8H2,1H3,(H,19,20)(H2,16,17,21). The van der Waals surface area contributed by atoms with E-state index < -0.39 is 12.0 Å². The second kappa shape index (κ2) is 6.78. The van der Waals surface area contributed by atoms with Crippen molar-refractivity contribution in [2.75, 3.05) is 32.0 Å². The number of nitrogens with one attached hydrogen (secondary N) is 2. The van der Waals surface area contributed by atoms with E-state index in [1.165, 1.54) is 18.2 Å². The van der Waals surface area contributed by atoms with Crippen molar-refractivity contribution in [2.45, 2.75) is 6.42 Å². The van der Waals surface area contributed by atoms with Crippen LogP contribution in [-0.2, 0) is 0 Å². The fraction of sp³-hybridized carbons (Fsp3) is 0.429. The third-order valence-corrected chi connectivity index (χ3v) is 3.74. The van der Waals surface area contributed by atoms with Gasteiger partial charge in [-0.3, -0.25) is 0 Å². The van der Waals surface area contributed by atoms with E-state index in [4.69, 9.17) is 16.7 Å². The first-order valence-corrected chi connectivity index (χ1v) is 7.09. The molecule has 0 saturated carbocycles. The summed E-state index contributed by atoms with van der Waals surface area (Å²) in [5.74, 6) is -0.699. The summed E-state index contributed by atoms with van der Waals surface area (Å²) in [6.07, 6.45) is 1.05. The van der Waals surface area contributed by atoms with Gasteiger partial charge >= 0.3 is 12.0 Å². The Kier molecular flexibility index (Phi) is 5.03. The number of hydrogen-bond acceptors (Lipinski definition) is 3. The second-order valence-corrected chi connectivity index (χ2v) is 5.68. The predicted octanol–water partition coefficient (Wildman–Crippen LogP) is 2.11. The molecule has 2 rings (SSSR count). The number of rotatable bonds is 4. The van der Waals surface area contributed by atoms with Crippen molar-refractivity contribution in [2.24, 2.45) is 5.92 Å². The molecule has 114 valence electrons. The van der Waals surface area contributed by atoms with Gasteiger partial charge in [0, 0.05) is 18.1 Å². The van der Waals surface area contributed by atoms with Crippen LogP contribution in [0.5, 0.6) is 0 Å². The lowest BCUT2D eigenvalue weighted by Crippen LogP contribution is -2.34. The van der Waals surface area contributed by atoms with E-state index in [1.807, 2.05) is 7.05 Å². The molecule has 1 aliphatic heterocycles. The maximum absolute atomic E-state index is 11.8. The monoisotopic (exact) mass is 311 g/mol. The summed E-state index contributed by atoms with van der Waals surface area (Å²) in [6.45, 7) is 2.57. The van der Waals surface area contributed by atoms with E-state index in [-0.39, 0.29) is 11.3 Å². The lowest BCUT2D eigenvalue weighted by atomic mass is 10.1. The van der Waals surface area contributed by atoms with Crippen LogP contribution in [0.4, 0.5) is 10.5 Å². The van der Waals surface area contributed by atoms with Gasteiger partial charge in [0.15, 0.2) is 0 Å². The molecule has 1 aromatic carbocycles. The Hall–Kier alpha value is -1.79. The van der Waals surface area contributed by atoms with Crippen molar-refractivity contribution in [3.63, 3.8) is 0 Å². The van der Waals surface area contributed by atoms with Gasteiger partial charge in [-0.25, -0.2) is 9.59 Å². The van der Waals surface area contributed by atoms with Crippen molar-refractivity contribution in [1.82, 2.24) is 10.2 Å². The minimum atomic E-state index is -1.13. The highest BCUT2D eigenvalue weighted by Gasteiger charge is 2.20. The van der Waals surface area contributed by atoms with Gasteiger partial charge in [-0.2, -0.15) is 0 Å². The molecule has 2 amide bonds. The molecule has 0 spiro atoms. The Morgan fingerprint density at radius 2 is 2.24 bits per heavy atom. The highest BCUT2D eigenvalue weighted by atomic mass is 35.5. The number of likely N-dealkylation sites (tertiary alicyclic amines) is 1. The molecule has 1 heterocycles. The number of benzene rings is 1. The zero-order valence-electron chi connectivity index (χ0n) is 11.7. The molecule has 0 bridgehead atoms. The van der Waals surface area contributed by atoms with Gasteiger partial charge in [-0.15, -0.1) is 0 Å². The number of anilines is 1. The number of nitrogens with zero attached hydrogens (tertiary/aromatic N) is 1. The first-order chi connectivity index (χ1) is 9.95. The molecular weight excluding hydrogens is 294 g/mol. The Labute approximate surface area is 128 Å². The molecule has 6 nitrogen and oxygen atoms in total. The topological polar surface area (TPSA) is 81.7 Å². The minimum Gasteiger partial charge on any atom is -0.478 e. The largest absolute Gasteiger partial charge is 0.478 e. The Balaban J connectivity index is 1.92. The molecule has 0 aliphatic carbocycles. The van der Waals surface area contributed by atoms with Gasteiger partial charge < -0.3 is 20.6 Å². The first kappa shape index (κ1) is 15.6. The van der Waals surface area contributed by atoms with E-state index in [1.54, 1.807) is 0 Å². The zero-order chi connectivity index (χ0) is 15.4. The smallest absolute Gasteiger partial charge is 0.337 e. The molecule has 21 heavy (non-hydrogen) atoms. The molecule has 1 saturated heterocycles. The lowest BCUT2D eigenvalue weighted by molar-refractivity contribution is 0.0698. The molecule has 3 N–H and O–H groups in total. The van der Waals surface area contributed by atoms with Crippen LogP contribution in [0.2, 0.25) is 5.02 Å². The summed E-state index contributed by atoms with van der Waals surface area (Å²) < 4.78 is 0. The maximum Gasteiger partial charge on any atom is 0.337 e. The van der Waals surface area contributed by atoms with Crippen LogP contribution in [0.3, 0.4) is 0 Å². The molecule has 1 unspecified atom stereocenters. The van der Waals surface area contributed by atoms with Crippen molar-refractivity contribution >= 4 is 29.3 Å². The number of amides is 2. The highest BCUT2D eigenvalue weighted by Crippen LogP contribution is 2.20. The third-order valence-electron chi connectivity index (χ3n) is 3.50. The number of carboxylic acid groups (broad SMARTS) is 1. The van der Waals surface area contributed by atoms with Crippen molar-refractivity contribution in [3.05, 3.63) is 28.8 Å². The second-order valence-electron chi connectivity index (χ2n) is 5.25. The summed E-state index contributed by atoms with van der Waals surface area (Å²) >= 11 is 5.76. The fourth-order valence-corrected chi connectivity index (χ4v) is 2.57. The minimum absolute atomic E-state index is 0.0294. The molecule has 0 aromatic heterocycles. The summed E-state index contributed by atoms with van der Waals surface area (Å²) in [4.78, 5) is 25.2. The Morgan fingerprint density at radius 3 is 2.86 bits per heavy atom. The number of urea groups is 1. The number of halogens is 1. The molecule has 0 radical (unpaired) electrons. The summed E-state index contributed by atoms with van der Waals surface area (Å²) in [5.41, 5.74) is 0.200. The summed E-state index contributed by atoms with van der Waals surface area (Å²) in [5, 5.41) is 14.7. The van der Waals surface area contributed by atoms with Crippen LogP contribution in [0.15, 0.2) is 18.2 Å². The van der Waals surface area contributed by atoms with E-state index >= 15 is 0 Å². The summed E-state index contributed by atoms with van der Waals surface area (Å²) in [7, 11) is 2.05. The number of carbonyl (C=O) groups is 2. The van der Waals surface area contributed by atoms with Gasteiger partial charge in [0.05, 0.1) is 11.3 Å². The number of hydrogen-bond donors (Lipinski definition) is 3. The maximum atomic E-state index is 11.8. The van der Waals surface area contributed by atoms with E-state index in [0.29, 0.717) is 17.5 Å². The lowest BCUT2D eigenvalue weighted by Gasteiger charge is -2.13. The van der Waals surface area contributed by atoms with Crippen LogP contribution in [0, 0.1) is 5.92 Å². The van der Waals surface area contributed by atoms with Crippen LogP contribution < -0.4 is 10.6 Å². The van der Waals surface area contributed by atoms with Crippen molar-refractivity contribution < 1.29 is 14.7 Å². The fourth-order valence-electron chi connectivity index (χ4n) is 2.40.